The summed E-state index contributed by atoms with van der Waals surface area (Å²) in [6, 6.07) is 0. The highest BCUT2D eigenvalue weighted by atomic mass is 19.4. The Morgan fingerprint density at radius 3 is 2.65 bits per heavy atom. The Bertz CT molecular complexity index is 511. The van der Waals surface area contributed by atoms with E-state index in [1.807, 2.05) is 14.0 Å². The van der Waals surface area contributed by atoms with Crippen molar-refractivity contribution in [3.05, 3.63) is 29.1 Å². The number of alkyl halides is 3. The number of aryl methyl sites for hydroxylation is 1. The third-order valence-corrected chi connectivity index (χ3v) is 3.29. The topological polar surface area (TPSA) is 41.1 Å². The molecule has 0 atom stereocenters. The monoisotopic (exact) mass is 286 g/mol. The summed E-state index contributed by atoms with van der Waals surface area (Å²) in [4.78, 5) is 10.4. The fourth-order valence-electron chi connectivity index (χ4n) is 2.10. The zero-order valence-corrected chi connectivity index (χ0v) is 11.5. The van der Waals surface area contributed by atoms with Crippen LogP contribution in [0.15, 0.2) is 17.8 Å². The van der Waals surface area contributed by atoms with Gasteiger partial charge < -0.3 is 10.2 Å². The highest BCUT2D eigenvalue weighted by Gasteiger charge is 2.35. The van der Waals surface area contributed by atoms with E-state index in [1.54, 1.807) is 11.1 Å². The normalized spacial score (nSPS) is 16.2. The fourth-order valence-corrected chi connectivity index (χ4v) is 2.10. The molecule has 1 N–H and O–H groups in total. The van der Waals surface area contributed by atoms with Gasteiger partial charge in [-0.2, -0.15) is 13.2 Å². The van der Waals surface area contributed by atoms with Crippen LogP contribution in [0.2, 0.25) is 0 Å². The van der Waals surface area contributed by atoms with E-state index >= 15 is 0 Å². The molecule has 0 fully saturated rings. The summed E-state index contributed by atoms with van der Waals surface area (Å²) in [5, 5.41) is 3.02. The molecule has 0 unspecified atom stereocenters. The molecule has 110 valence electrons. The Morgan fingerprint density at radius 1 is 1.40 bits per heavy atom. The van der Waals surface area contributed by atoms with Gasteiger partial charge in [0.15, 0.2) is 0 Å². The number of hydrogen-bond donors (Lipinski definition) is 1. The smallest absolute Gasteiger partial charge is 0.337 e. The van der Waals surface area contributed by atoms with Crippen molar-refractivity contribution >= 4 is 5.95 Å². The number of halogens is 3. The number of rotatable bonds is 3. The molecule has 0 saturated heterocycles. The molecule has 4 nitrogen and oxygen atoms in total. The van der Waals surface area contributed by atoms with Crippen LogP contribution in [-0.2, 0) is 6.54 Å². The van der Waals surface area contributed by atoms with Crippen molar-refractivity contribution in [3.63, 3.8) is 0 Å². The van der Waals surface area contributed by atoms with E-state index in [-0.39, 0.29) is 19.5 Å². The SMILES string of the molecule is CNCc1cnc(N2CC=C(C(F)(F)F)CC2)nc1C. The summed E-state index contributed by atoms with van der Waals surface area (Å²) in [6.45, 7) is 3.03. The minimum absolute atomic E-state index is 0.0236. The molecule has 0 aromatic carbocycles. The maximum Gasteiger partial charge on any atom is 0.412 e. The van der Waals surface area contributed by atoms with Crippen molar-refractivity contribution in [2.75, 3.05) is 25.0 Å². The van der Waals surface area contributed by atoms with Gasteiger partial charge in [0, 0.05) is 42.7 Å². The molecule has 0 amide bonds. The van der Waals surface area contributed by atoms with E-state index < -0.39 is 11.7 Å². The molecule has 1 aromatic rings. The Hall–Kier alpha value is -1.63. The number of hydrogen-bond acceptors (Lipinski definition) is 4. The van der Waals surface area contributed by atoms with Crippen LogP contribution in [0, 0.1) is 6.92 Å². The second-order valence-corrected chi connectivity index (χ2v) is 4.73. The second-order valence-electron chi connectivity index (χ2n) is 4.73. The number of anilines is 1. The van der Waals surface area contributed by atoms with E-state index in [0.29, 0.717) is 12.5 Å². The van der Waals surface area contributed by atoms with Gasteiger partial charge >= 0.3 is 6.18 Å². The minimum Gasteiger partial charge on any atom is -0.337 e. The quantitative estimate of drug-likeness (QED) is 0.865. The van der Waals surface area contributed by atoms with Crippen LogP contribution in [0.25, 0.3) is 0 Å². The molecule has 1 aliphatic rings. The van der Waals surface area contributed by atoms with Crippen molar-refractivity contribution in [3.8, 4) is 0 Å². The average molecular weight is 286 g/mol. The molecule has 0 spiro atoms. The highest BCUT2D eigenvalue weighted by Crippen LogP contribution is 2.30. The van der Waals surface area contributed by atoms with Gasteiger partial charge in [0.05, 0.1) is 0 Å². The van der Waals surface area contributed by atoms with Crippen LogP contribution in [0.4, 0.5) is 19.1 Å². The van der Waals surface area contributed by atoms with Gasteiger partial charge in [0.1, 0.15) is 0 Å². The van der Waals surface area contributed by atoms with Crippen LogP contribution in [0.1, 0.15) is 17.7 Å². The lowest BCUT2D eigenvalue weighted by molar-refractivity contribution is -0.0944. The van der Waals surface area contributed by atoms with Gasteiger partial charge in [-0.05, 0) is 20.4 Å². The van der Waals surface area contributed by atoms with Gasteiger partial charge in [-0.15, -0.1) is 0 Å². The standard InChI is InChI=1S/C13H17F3N4/c1-9-10(7-17-2)8-18-12(19-9)20-5-3-11(4-6-20)13(14,15)16/h3,8,17H,4-7H2,1-2H3. The van der Waals surface area contributed by atoms with Crippen molar-refractivity contribution in [1.29, 1.82) is 0 Å². The zero-order chi connectivity index (χ0) is 14.8. The molecule has 0 bridgehead atoms. The van der Waals surface area contributed by atoms with E-state index in [9.17, 15) is 13.2 Å². The molecule has 2 rings (SSSR count). The van der Waals surface area contributed by atoms with Crippen LogP contribution < -0.4 is 10.2 Å². The van der Waals surface area contributed by atoms with Crippen LogP contribution in [-0.4, -0.2) is 36.3 Å². The first-order chi connectivity index (χ1) is 9.41. The van der Waals surface area contributed by atoms with E-state index in [0.717, 1.165) is 11.3 Å². The van der Waals surface area contributed by atoms with Crippen LogP contribution in [0.3, 0.4) is 0 Å². The summed E-state index contributed by atoms with van der Waals surface area (Å²) in [7, 11) is 1.83. The number of nitrogens with zero attached hydrogens (tertiary/aromatic N) is 3. The second kappa shape index (κ2) is 5.78. The van der Waals surface area contributed by atoms with E-state index in [1.165, 1.54) is 6.08 Å². The molecular weight excluding hydrogens is 269 g/mol. The summed E-state index contributed by atoms with van der Waals surface area (Å²) in [5.41, 5.74) is 1.37. The molecule has 2 heterocycles. The van der Waals surface area contributed by atoms with Gasteiger partial charge in [0.25, 0.3) is 0 Å². The third kappa shape index (κ3) is 3.27. The molecule has 0 saturated carbocycles. The maximum atomic E-state index is 12.5. The molecule has 1 aliphatic heterocycles. The predicted molar refractivity (Wildman–Crippen MR) is 70.5 cm³/mol. The lowest BCUT2D eigenvalue weighted by Crippen LogP contribution is -2.33. The summed E-state index contributed by atoms with van der Waals surface area (Å²) in [5.74, 6) is 0.486. The number of nitrogens with one attached hydrogen (secondary N) is 1. The van der Waals surface area contributed by atoms with Crippen molar-refractivity contribution in [1.82, 2.24) is 15.3 Å². The predicted octanol–water partition coefficient (Wildman–Crippen LogP) is 2.20. The molecule has 0 radical (unpaired) electrons. The highest BCUT2D eigenvalue weighted by molar-refractivity contribution is 5.37. The lowest BCUT2D eigenvalue weighted by atomic mass is 10.1. The Kier molecular flexibility index (Phi) is 4.27. The Balaban J connectivity index is 2.11. The van der Waals surface area contributed by atoms with Crippen LogP contribution >= 0.6 is 0 Å². The average Bonchev–Trinajstić information content (AvgIpc) is 2.40. The van der Waals surface area contributed by atoms with Crippen molar-refractivity contribution < 1.29 is 13.2 Å². The molecule has 0 aliphatic carbocycles. The minimum atomic E-state index is -4.22. The molecule has 7 heteroatoms. The fraction of sp³-hybridized carbons (Fsp3) is 0.538. The van der Waals surface area contributed by atoms with E-state index in [2.05, 4.69) is 15.3 Å². The first kappa shape index (κ1) is 14.8. The Labute approximate surface area is 115 Å². The van der Waals surface area contributed by atoms with E-state index in [4.69, 9.17) is 0 Å². The third-order valence-electron chi connectivity index (χ3n) is 3.29. The Morgan fingerprint density at radius 2 is 2.15 bits per heavy atom. The van der Waals surface area contributed by atoms with Crippen molar-refractivity contribution in [2.24, 2.45) is 0 Å². The number of aromatic nitrogens is 2. The largest absolute Gasteiger partial charge is 0.412 e. The van der Waals surface area contributed by atoms with Crippen molar-refractivity contribution in [2.45, 2.75) is 26.1 Å². The van der Waals surface area contributed by atoms with Gasteiger partial charge in [-0.1, -0.05) is 6.08 Å². The summed E-state index contributed by atoms with van der Waals surface area (Å²) < 4.78 is 37.6. The first-order valence-electron chi connectivity index (χ1n) is 6.40. The molecular formula is C13H17F3N4. The summed E-state index contributed by atoms with van der Waals surface area (Å²) >= 11 is 0. The van der Waals surface area contributed by atoms with Gasteiger partial charge in [-0.3, -0.25) is 0 Å². The summed E-state index contributed by atoms with van der Waals surface area (Å²) in [6.07, 6.45) is -1.31. The van der Waals surface area contributed by atoms with Gasteiger partial charge in [0.2, 0.25) is 5.95 Å². The van der Waals surface area contributed by atoms with Gasteiger partial charge in [-0.25, -0.2) is 9.97 Å². The molecule has 1 aromatic heterocycles. The maximum absolute atomic E-state index is 12.5. The zero-order valence-electron chi connectivity index (χ0n) is 11.5. The lowest BCUT2D eigenvalue weighted by Gasteiger charge is -2.27. The first-order valence-corrected chi connectivity index (χ1v) is 6.40. The molecule has 20 heavy (non-hydrogen) atoms. The van der Waals surface area contributed by atoms with Crippen LogP contribution in [0.5, 0.6) is 0 Å².